The van der Waals surface area contributed by atoms with E-state index in [4.69, 9.17) is 9.47 Å². The summed E-state index contributed by atoms with van der Waals surface area (Å²) in [6, 6.07) is 0.679. The normalized spacial score (nSPS) is 28.7. The van der Waals surface area contributed by atoms with Crippen LogP contribution in [0, 0.1) is 0 Å². The molecule has 2 unspecified atom stereocenters. The first-order valence-corrected chi connectivity index (χ1v) is 7.71. The maximum absolute atomic E-state index is 5.55. The van der Waals surface area contributed by atoms with Crippen molar-refractivity contribution in [1.82, 2.24) is 10.2 Å². The average Bonchev–Trinajstić information content (AvgIpc) is 2.43. The minimum absolute atomic E-state index is 0.280. The third-order valence-electron chi connectivity index (χ3n) is 4.25. The lowest BCUT2D eigenvalue weighted by Crippen LogP contribution is -2.62. The van der Waals surface area contributed by atoms with E-state index < -0.39 is 0 Å². The van der Waals surface area contributed by atoms with Crippen LogP contribution < -0.4 is 5.32 Å². The minimum atomic E-state index is 0.280. The second-order valence-corrected chi connectivity index (χ2v) is 5.79. The van der Waals surface area contributed by atoms with E-state index in [1.54, 1.807) is 7.11 Å². The van der Waals surface area contributed by atoms with Crippen LogP contribution in [0.2, 0.25) is 0 Å². The molecule has 114 valence electrons. The van der Waals surface area contributed by atoms with Gasteiger partial charge in [0.2, 0.25) is 0 Å². The summed E-state index contributed by atoms with van der Waals surface area (Å²) in [7, 11) is 1.71. The van der Waals surface area contributed by atoms with Gasteiger partial charge in [-0.25, -0.2) is 0 Å². The lowest BCUT2D eigenvalue weighted by molar-refractivity contribution is 0.0478. The van der Waals surface area contributed by atoms with Gasteiger partial charge in [-0.05, 0) is 26.2 Å². The van der Waals surface area contributed by atoms with Gasteiger partial charge < -0.3 is 14.8 Å². The first-order valence-electron chi connectivity index (χ1n) is 7.71. The molecule has 0 amide bonds. The zero-order chi connectivity index (χ0) is 14.1. The molecule has 0 aliphatic carbocycles. The van der Waals surface area contributed by atoms with E-state index in [1.807, 2.05) is 0 Å². The van der Waals surface area contributed by atoms with E-state index in [0.29, 0.717) is 19.3 Å². The largest absolute Gasteiger partial charge is 0.382 e. The van der Waals surface area contributed by atoms with Crippen LogP contribution in [-0.2, 0) is 9.47 Å². The Kier molecular flexibility index (Phi) is 7.91. The van der Waals surface area contributed by atoms with Crippen molar-refractivity contribution in [1.29, 1.82) is 0 Å². The number of ether oxygens (including phenoxy) is 2. The lowest BCUT2D eigenvalue weighted by Gasteiger charge is -2.46. The van der Waals surface area contributed by atoms with Crippen LogP contribution >= 0.6 is 0 Å². The van der Waals surface area contributed by atoms with Crippen LogP contribution in [0.25, 0.3) is 0 Å². The maximum Gasteiger partial charge on any atom is 0.0700 e. The van der Waals surface area contributed by atoms with Crippen LogP contribution in [0.15, 0.2) is 0 Å². The Labute approximate surface area is 118 Å². The van der Waals surface area contributed by atoms with E-state index in [1.165, 1.54) is 12.8 Å². The van der Waals surface area contributed by atoms with Crippen LogP contribution in [0.5, 0.6) is 0 Å². The van der Waals surface area contributed by atoms with Crippen molar-refractivity contribution >= 4 is 0 Å². The zero-order valence-electron chi connectivity index (χ0n) is 13.2. The molecular formula is C15H32N2O2. The van der Waals surface area contributed by atoms with Gasteiger partial charge in [-0.15, -0.1) is 0 Å². The molecule has 1 aliphatic heterocycles. The molecule has 1 rings (SSSR count). The predicted molar refractivity (Wildman–Crippen MR) is 79.7 cm³/mol. The molecular weight excluding hydrogens is 240 g/mol. The molecule has 0 aromatic rings. The van der Waals surface area contributed by atoms with Crippen molar-refractivity contribution in [3.05, 3.63) is 0 Å². The molecule has 4 nitrogen and oxygen atoms in total. The number of hydrogen-bond acceptors (Lipinski definition) is 4. The first kappa shape index (κ1) is 16.9. The topological polar surface area (TPSA) is 33.7 Å². The SMILES string of the molecule is CCC1CNC(C)(CC)CN1CCCOCCOC. The number of nitrogens with one attached hydrogen (secondary N) is 1. The molecule has 2 atom stereocenters. The number of methoxy groups -OCH3 is 1. The van der Waals surface area contributed by atoms with Gasteiger partial charge in [0.05, 0.1) is 13.2 Å². The highest BCUT2D eigenvalue weighted by molar-refractivity contribution is 4.93. The van der Waals surface area contributed by atoms with Gasteiger partial charge in [-0.1, -0.05) is 13.8 Å². The number of nitrogens with zero attached hydrogens (tertiary/aromatic N) is 1. The summed E-state index contributed by atoms with van der Waals surface area (Å²) in [5.41, 5.74) is 0.280. The van der Waals surface area contributed by atoms with E-state index in [9.17, 15) is 0 Å². The minimum Gasteiger partial charge on any atom is -0.382 e. The summed E-state index contributed by atoms with van der Waals surface area (Å²) >= 11 is 0. The highest BCUT2D eigenvalue weighted by Crippen LogP contribution is 2.20. The van der Waals surface area contributed by atoms with Crippen molar-refractivity contribution < 1.29 is 9.47 Å². The second-order valence-electron chi connectivity index (χ2n) is 5.79. The highest BCUT2D eigenvalue weighted by atomic mass is 16.5. The molecule has 0 radical (unpaired) electrons. The molecule has 1 heterocycles. The van der Waals surface area contributed by atoms with Crippen molar-refractivity contribution in [2.45, 2.75) is 51.6 Å². The van der Waals surface area contributed by atoms with E-state index >= 15 is 0 Å². The summed E-state index contributed by atoms with van der Waals surface area (Å²) in [5.74, 6) is 0. The number of rotatable bonds is 9. The maximum atomic E-state index is 5.55. The molecule has 1 aliphatic rings. The molecule has 0 saturated carbocycles. The summed E-state index contributed by atoms with van der Waals surface area (Å²) in [6.07, 6.45) is 3.52. The van der Waals surface area contributed by atoms with Crippen molar-refractivity contribution in [2.24, 2.45) is 0 Å². The Bertz CT molecular complexity index is 238. The summed E-state index contributed by atoms with van der Waals surface area (Å²) in [5, 5.41) is 3.71. The number of piperazine rings is 1. The van der Waals surface area contributed by atoms with Gasteiger partial charge in [-0.2, -0.15) is 0 Å². The summed E-state index contributed by atoms with van der Waals surface area (Å²) in [4.78, 5) is 2.64. The van der Waals surface area contributed by atoms with Gasteiger partial charge >= 0.3 is 0 Å². The Hall–Kier alpha value is -0.160. The smallest absolute Gasteiger partial charge is 0.0700 e. The van der Waals surface area contributed by atoms with Gasteiger partial charge in [0.1, 0.15) is 0 Å². The lowest BCUT2D eigenvalue weighted by atomic mass is 9.92. The Morgan fingerprint density at radius 3 is 2.68 bits per heavy atom. The van der Waals surface area contributed by atoms with Crippen molar-refractivity contribution in [3.8, 4) is 0 Å². The van der Waals surface area contributed by atoms with Gasteiger partial charge in [-0.3, -0.25) is 4.90 Å². The van der Waals surface area contributed by atoms with Crippen molar-refractivity contribution in [2.75, 3.05) is 46.6 Å². The Morgan fingerprint density at radius 2 is 2.05 bits per heavy atom. The quantitative estimate of drug-likeness (QED) is 0.650. The molecule has 4 heteroatoms. The van der Waals surface area contributed by atoms with Crippen LogP contribution in [-0.4, -0.2) is 63.0 Å². The van der Waals surface area contributed by atoms with Crippen LogP contribution in [0.1, 0.15) is 40.0 Å². The third-order valence-corrected chi connectivity index (χ3v) is 4.25. The summed E-state index contributed by atoms with van der Waals surface area (Å²) in [6.45, 7) is 12.5. The Balaban J connectivity index is 2.27. The highest BCUT2D eigenvalue weighted by Gasteiger charge is 2.33. The fourth-order valence-corrected chi connectivity index (χ4v) is 2.64. The monoisotopic (exact) mass is 272 g/mol. The molecule has 0 aromatic heterocycles. The fourth-order valence-electron chi connectivity index (χ4n) is 2.64. The molecule has 19 heavy (non-hydrogen) atoms. The molecule has 1 N–H and O–H groups in total. The van der Waals surface area contributed by atoms with Gasteiger partial charge in [0, 0.05) is 44.9 Å². The van der Waals surface area contributed by atoms with Crippen LogP contribution in [0.4, 0.5) is 0 Å². The molecule has 0 aromatic carbocycles. The molecule has 1 fully saturated rings. The number of hydrogen-bond donors (Lipinski definition) is 1. The predicted octanol–water partition coefficient (Wildman–Crippen LogP) is 1.89. The fraction of sp³-hybridized carbons (Fsp3) is 1.00. The van der Waals surface area contributed by atoms with E-state index in [-0.39, 0.29) is 5.54 Å². The molecule has 0 bridgehead atoms. The Morgan fingerprint density at radius 1 is 1.26 bits per heavy atom. The van der Waals surface area contributed by atoms with Crippen LogP contribution in [0.3, 0.4) is 0 Å². The summed E-state index contributed by atoms with van der Waals surface area (Å²) < 4.78 is 10.5. The second kappa shape index (κ2) is 8.90. The zero-order valence-corrected chi connectivity index (χ0v) is 13.2. The average molecular weight is 272 g/mol. The van der Waals surface area contributed by atoms with Gasteiger partial charge in [0.15, 0.2) is 0 Å². The van der Waals surface area contributed by atoms with Gasteiger partial charge in [0.25, 0.3) is 0 Å². The van der Waals surface area contributed by atoms with E-state index in [0.717, 1.165) is 32.7 Å². The standard InChI is InChI=1S/C15H32N2O2/c1-5-14-12-16-15(3,6-2)13-17(14)8-7-9-19-11-10-18-4/h14,16H,5-13H2,1-4H3. The molecule has 1 saturated heterocycles. The van der Waals surface area contributed by atoms with E-state index in [2.05, 4.69) is 31.0 Å². The van der Waals surface area contributed by atoms with Crippen molar-refractivity contribution in [3.63, 3.8) is 0 Å². The first-order chi connectivity index (χ1) is 9.15. The molecule has 0 spiro atoms. The third kappa shape index (κ3) is 5.78.